The maximum absolute atomic E-state index is 12.6. The third-order valence-corrected chi connectivity index (χ3v) is 6.39. The Labute approximate surface area is 169 Å². The standard InChI is InChI=1S/C22H24N2O3S/c1-15(25)27-18-3-2-4-20(13-18)28-19-7-5-17(6-8-19)22(26)23-21-14-24-11-9-16(21)10-12-24/h2-8,13,16,21H,9-12,14H2,1H3,(H,23,26). The second-order valence-corrected chi connectivity index (χ2v) is 8.56. The first kappa shape index (κ1) is 19.0. The molecule has 2 bridgehead atoms. The van der Waals surface area contributed by atoms with Crippen LogP contribution in [0.3, 0.4) is 0 Å². The Morgan fingerprint density at radius 3 is 2.46 bits per heavy atom. The monoisotopic (exact) mass is 396 g/mol. The molecule has 1 unspecified atom stereocenters. The van der Waals surface area contributed by atoms with Crippen LogP contribution in [0.1, 0.15) is 30.1 Å². The topological polar surface area (TPSA) is 58.6 Å². The molecule has 146 valence electrons. The lowest BCUT2D eigenvalue weighted by atomic mass is 9.84. The van der Waals surface area contributed by atoms with Crippen LogP contribution in [0.2, 0.25) is 0 Å². The van der Waals surface area contributed by atoms with Gasteiger partial charge in [0, 0.05) is 34.9 Å². The highest BCUT2D eigenvalue weighted by Crippen LogP contribution is 2.31. The van der Waals surface area contributed by atoms with E-state index < -0.39 is 0 Å². The summed E-state index contributed by atoms with van der Waals surface area (Å²) < 4.78 is 5.13. The van der Waals surface area contributed by atoms with Crippen LogP contribution in [0.4, 0.5) is 0 Å². The number of hydrogen-bond donors (Lipinski definition) is 1. The van der Waals surface area contributed by atoms with Crippen molar-refractivity contribution >= 4 is 23.6 Å². The number of hydrogen-bond acceptors (Lipinski definition) is 5. The van der Waals surface area contributed by atoms with Gasteiger partial charge in [-0.3, -0.25) is 9.59 Å². The van der Waals surface area contributed by atoms with E-state index in [0.29, 0.717) is 17.2 Å². The highest BCUT2D eigenvalue weighted by Gasteiger charge is 2.34. The molecule has 1 amide bonds. The molecule has 3 heterocycles. The minimum absolute atomic E-state index is 0.00663. The molecule has 3 fully saturated rings. The van der Waals surface area contributed by atoms with Crippen molar-refractivity contribution in [1.29, 1.82) is 0 Å². The predicted octanol–water partition coefficient (Wildman–Crippen LogP) is 3.59. The van der Waals surface area contributed by atoms with E-state index in [1.807, 2.05) is 42.5 Å². The van der Waals surface area contributed by atoms with E-state index in [2.05, 4.69) is 10.2 Å². The molecule has 5 nitrogen and oxygen atoms in total. The number of fused-ring (bicyclic) bond motifs is 3. The highest BCUT2D eigenvalue weighted by molar-refractivity contribution is 7.99. The van der Waals surface area contributed by atoms with Gasteiger partial charge in [0.15, 0.2) is 0 Å². The van der Waals surface area contributed by atoms with Gasteiger partial charge in [-0.15, -0.1) is 0 Å². The van der Waals surface area contributed by atoms with Crippen LogP contribution in [0, 0.1) is 5.92 Å². The maximum Gasteiger partial charge on any atom is 0.308 e. The molecule has 5 rings (SSSR count). The van der Waals surface area contributed by atoms with Gasteiger partial charge in [-0.25, -0.2) is 0 Å². The molecule has 3 aliphatic heterocycles. The first-order valence-electron chi connectivity index (χ1n) is 9.66. The summed E-state index contributed by atoms with van der Waals surface area (Å²) in [5, 5.41) is 3.23. The van der Waals surface area contributed by atoms with E-state index in [0.717, 1.165) is 16.3 Å². The summed E-state index contributed by atoms with van der Waals surface area (Å²) in [5.74, 6) is 0.826. The fraction of sp³-hybridized carbons (Fsp3) is 0.364. The molecule has 1 atom stereocenters. The first-order chi connectivity index (χ1) is 13.6. The fourth-order valence-electron chi connectivity index (χ4n) is 3.96. The van der Waals surface area contributed by atoms with Gasteiger partial charge in [0.2, 0.25) is 0 Å². The minimum atomic E-state index is -0.333. The van der Waals surface area contributed by atoms with Gasteiger partial charge >= 0.3 is 5.97 Å². The number of rotatable bonds is 5. The van der Waals surface area contributed by atoms with Crippen molar-refractivity contribution in [3.8, 4) is 5.75 Å². The number of nitrogens with zero attached hydrogens (tertiary/aromatic N) is 1. The van der Waals surface area contributed by atoms with Gasteiger partial charge in [-0.05, 0) is 74.3 Å². The lowest BCUT2D eigenvalue weighted by Gasteiger charge is -2.44. The van der Waals surface area contributed by atoms with E-state index >= 15 is 0 Å². The molecule has 3 saturated heterocycles. The number of carbonyl (C=O) groups is 2. The number of benzene rings is 2. The lowest BCUT2D eigenvalue weighted by molar-refractivity contribution is -0.131. The molecule has 3 aliphatic rings. The van der Waals surface area contributed by atoms with Crippen LogP contribution in [0.5, 0.6) is 5.75 Å². The summed E-state index contributed by atoms with van der Waals surface area (Å²) in [6, 6.07) is 15.3. The Balaban J connectivity index is 1.37. The molecule has 0 spiro atoms. The largest absolute Gasteiger partial charge is 0.427 e. The summed E-state index contributed by atoms with van der Waals surface area (Å²) in [7, 11) is 0. The van der Waals surface area contributed by atoms with Crippen LogP contribution in [-0.4, -0.2) is 42.5 Å². The zero-order valence-electron chi connectivity index (χ0n) is 15.9. The van der Waals surface area contributed by atoms with Crippen LogP contribution in [0.25, 0.3) is 0 Å². The summed E-state index contributed by atoms with van der Waals surface area (Å²) in [5.41, 5.74) is 0.689. The Morgan fingerprint density at radius 2 is 1.82 bits per heavy atom. The van der Waals surface area contributed by atoms with E-state index in [1.54, 1.807) is 17.8 Å². The quantitative estimate of drug-likeness (QED) is 0.618. The van der Waals surface area contributed by atoms with Gasteiger partial charge in [0.25, 0.3) is 5.91 Å². The molecule has 0 radical (unpaired) electrons. The first-order valence-corrected chi connectivity index (χ1v) is 10.5. The summed E-state index contributed by atoms with van der Waals surface area (Å²) in [6.45, 7) is 4.70. The molecule has 2 aromatic carbocycles. The molecule has 0 aromatic heterocycles. The summed E-state index contributed by atoms with van der Waals surface area (Å²) in [4.78, 5) is 28.2. The van der Waals surface area contributed by atoms with Crippen LogP contribution >= 0.6 is 11.8 Å². The van der Waals surface area contributed by atoms with Crippen molar-refractivity contribution in [3.63, 3.8) is 0 Å². The SMILES string of the molecule is CC(=O)Oc1cccc(Sc2ccc(C(=O)NC3CN4CCC3CC4)cc2)c1. The van der Waals surface area contributed by atoms with Crippen molar-refractivity contribution in [3.05, 3.63) is 54.1 Å². The van der Waals surface area contributed by atoms with Gasteiger partial charge < -0.3 is 15.0 Å². The highest BCUT2D eigenvalue weighted by atomic mass is 32.2. The minimum Gasteiger partial charge on any atom is -0.427 e. The molecule has 0 aliphatic carbocycles. The van der Waals surface area contributed by atoms with Gasteiger partial charge in [-0.2, -0.15) is 0 Å². The number of ether oxygens (including phenoxy) is 1. The normalized spacial score (nSPS) is 23.2. The molecule has 6 heteroatoms. The van der Waals surface area contributed by atoms with E-state index in [-0.39, 0.29) is 17.9 Å². The van der Waals surface area contributed by atoms with Crippen molar-refractivity contribution in [1.82, 2.24) is 10.2 Å². The zero-order valence-corrected chi connectivity index (χ0v) is 16.7. The predicted molar refractivity (Wildman–Crippen MR) is 109 cm³/mol. The van der Waals surface area contributed by atoms with Crippen LogP contribution < -0.4 is 10.1 Å². The number of carbonyl (C=O) groups excluding carboxylic acids is 2. The Bertz CT molecular complexity index is 860. The van der Waals surface area contributed by atoms with Crippen molar-refractivity contribution in [2.24, 2.45) is 5.92 Å². The van der Waals surface area contributed by atoms with Gasteiger partial charge in [0.1, 0.15) is 5.75 Å². The average molecular weight is 397 g/mol. The molecule has 2 aromatic rings. The van der Waals surface area contributed by atoms with E-state index in [1.165, 1.54) is 32.9 Å². The number of esters is 1. The third-order valence-electron chi connectivity index (χ3n) is 5.39. The van der Waals surface area contributed by atoms with Crippen LogP contribution in [-0.2, 0) is 4.79 Å². The molecule has 0 saturated carbocycles. The molecular weight excluding hydrogens is 372 g/mol. The summed E-state index contributed by atoms with van der Waals surface area (Å²) in [6.07, 6.45) is 2.37. The molecule has 1 N–H and O–H groups in total. The Kier molecular flexibility index (Phi) is 5.69. The van der Waals surface area contributed by atoms with Crippen molar-refractivity contribution in [2.45, 2.75) is 35.6 Å². The Morgan fingerprint density at radius 1 is 1.07 bits per heavy atom. The van der Waals surface area contributed by atoms with Crippen molar-refractivity contribution in [2.75, 3.05) is 19.6 Å². The maximum atomic E-state index is 12.6. The number of amides is 1. The van der Waals surface area contributed by atoms with Crippen LogP contribution in [0.15, 0.2) is 58.3 Å². The van der Waals surface area contributed by atoms with E-state index in [4.69, 9.17) is 4.74 Å². The summed E-state index contributed by atoms with van der Waals surface area (Å²) >= 11 is 1.57. The molecular formula is C22H24N2O3S. The van der Waals surface area contributed by atoms with Gasteiger partial charge in [-0.1, -0.05) is 17.8 Å². The second-order valence-electron chi connectivity index (χ2n) is 7.41. The Hall–Kier alpha value is -2.31. The molecule has 28 heavy (non-hydrogen) atoms. The van der Waals surface area contributed by atoms with Crippen molar-refractivity contribution < 1.29 is 14.3 Å². The fourth-order valence-corrected chi connectivity index (χ4v) is 4.82. The third kappa shape index (κ3) is 4.56. The average Bonchev–Trinajstić information content (AvgIpc) is 2.69. The smallest absolute Gasteiger partial charge is 0.308 e. The van der Waals surface area contributed by atoms with E-state index in [9.17, 15) is 9.59 Å². The second kappa shape index (κ2) is 8.37. The van der Waals surface area contributed by atoms with Gasteiger partial charge in [0.05, 0.1) is 0 Å². The number of nitrogens with one attached hydrogen (secondary N) is 1. The number of piperidine rings is 3. The zero-order chi connectivity index (χ0) is 19.5. The lowest BCUT2D eigenvalue weighted by Crippen LogP contribution is -2.57.